The molecule has 3 N–H and O–H groups in total. The number of carbonyl (C=O) groups is 1. The predicted octanol–water partition coefficient (Wildman–Crippen LogP) is 4.69. The van der Waals surface area contributed by atoms with E-state index < -0.39 is 11.7 Å². The van der Waals surface area contributed by atoms with E-state index >= 15 is 4.39 Å². The van der Waals surface area contributed by atoms with Crippen molar-refractivity contribution < 1.29 is 9.18 Å². The highest BCUT2D eigenvalue weighted by molar-refractivity contribution is 6.10. The van der Waals surface area contributed by atoms with E-state index in [2.05, 4.69) is 38.8 Å². The van der Waals surface area contributed by atoms with Crippen LogP contribution in [-0.4, -0.2) is 45.0 Å². The Bertz CT molecular complexity index is 1680. The van der Waals surface area contributed by atoms with E-state index in [0.717, 1.165) is 46.8 Å². The summed E-state index contributed by atoms with van der Waals surface area (Å²) in [5, 5.41) is 13.1. The molecule has 1 aliphatic rings. The Morgan fingerprint density at radius 1 is 1.07 bits per heavy atom. The van der Waals surface area contributed by atoms with Crippen LogP contribution in [0.1, 0.15) is 28.8 Å². The molecular weight excluding hydrogens is 505 g/mol. The van der Waals surface area contributed by atoms with Crippen LogP contribution < -0.4 is 16.0 Å². The summed E-state index contributed by atoms with van der Waals surface area (Å²) in [7, 11) is 1.75. The van der Waals surface area contributed by atoms with Crippen LogP contribution in [0.25, 0.3) is 33.2 Å². The molecule has 2 aromatic heterocycles. The molecule has 0 radical (unpaired) electrons. The molecule has 1 aliphatic heterocycles. The molecule has 0 saturated carbocycles. The van der Waals surface area contributed by atoms with Gasteiger partial charge in [-0.1, -0.05) is 47.7 Å². The van der Waals surface area contributed by atoms with Gasteiger partial charge in [-0.25, -0.2) is 9.37 Å². The number of nitrogens with zero attached hydrogens (tertiary/aromatic N) is 5. The van der Waals surface area contributed by atoms with Crippen LogP contribution in [0.4, 0.5) is 10.2 Å². The standard InChI is InChI=1S/C31H30FN7O/c1-38-19-29(36-37-38)24-9-11-27(28(32)16-24)31(40)39(25-3-2-13-34-18-25)30-26-10-8-22(15-23(26)12-14-35-30)21-6-4-20(17-33)5-7-21/h4-12,14-16,19,25,34H,2-3,13,17-18,33H2,1H3/t25-/m1/s1. The van der Waals surface area contributed by atoms with E-state index in [9.17, 15) is 4.79 Å². The molecule has 1 saturated heterocycles. The minimum Gasteiger partial charge on any atom is -0.326 e. The normalized spacial score (nSPS) is 15.3. The van der Waals surface area contributed by atoms with Gasteiger partial charge in [0, 0.05) is 37.3 Å². The molecule has 0 bridgehead atoms. The molecule has 0 aliphatic carbocycles. The van der Waals surface area contributed by atoms with Crippen LogP contribution in [0.3, 0.4) is 0 Å². The van der Waals surface area contributed by atoms with Crippen molar-refractivity contribution in [3.8, 4) is 22.4 Å². The number of anilines is 1. The summed E-state index contributed by atoms with van der Waals surface area (Å²) >= 11 is 0. The van der Waals surface area contributed by atoms with Gasteiger partial charge in [-0.3, -0.25) is 14.4 Å². The Labute approximate surface area is 231 Å². The molecule has 0 unspecified atom stereocenters. The van der Waals surface area contributed by atoms with Gasteiger partial charge in [-0.15, -0.1) is 5.10 Å². The fraction of sp³-hybridized carbons (Fsp3) is 0.226. The molecule has 6 rings (SSSR count). The quantitative estimate of drug-likeness (QED) is 0.327. The van der Waals surface area contributed by atoms with E-state index in [0.29, 0.717) is 30.2 Å². The van der Waals surface area contributed by atoms with Gasteiger partial charge in [0.2, 0.25) is 0 Å². The lowest BCUT2D eigenvalue weighted by atomic mass is 9.99. The third kappa shape index (κ3) is 4.97. The summed E-state index contributed by atoms with van der Waals surface area (Å²) in [6.07, 6.45) is 5.12. The van der Waals surface area contributed by atoms with Crippen molar-refractivity contribution in [3.05, 3.63) is 96.1 Å². The van der Waals surface area contributed by atoms with Crippen molar-refractivity contribution in [1.29, 1.82) is 0 Å². The number of pyridine rings is 1. The van der Waals surface area contributed by atoms with Gasteiger partial charge in [-0.2, -0.15) is 0 Å². The Balaban J connectivity index is 1.40. The number of aromatic nitrogens is 4. The van der Waals surface area contributed by atoms with Crippen LogP contribution in [0.5, 0.6) is 0 Å². The number of hydrogen-bond donors (Lipinski definition) is 2. The topological polar surface area (TPSA) is 102 Å². The average Bonchev–Trinajstić information content (AvgIpc) is 3.44. The summed E-state index contributed by atoms with van der Waals surface area (Å²) in [6.45, 7) is 1.99. The molecule has 202 valence electrons. The zero-order chi connectivity index (χ0) is 27.6. The van der Waals surface area contributed by atoms with Crippen LogP contribution in [-0.2, 0) is 13.6 Å². The maximum Gasteiger partial charge on any atom is 0.262 e. The van der Waals surface area contributed by atoms with Gasteiger partial charge in [0.05, 0.1) is 17.8 Å². The largest absolute Gasteiger partial charge is 0.326 e. The zero-order valence-electron chi connectivity index (χ0n) is 22.2. The van der Waals surface area contributed by atoms with Crippen LogP contribution >= 0.6 is 0 Å². The number of nitrogens with two attached hydrogens (primary N) is 1. The summed E-state index contributed by atoms with van der Waals surface area (Å²) in [5.74, 6) is -0.498. The first-order chi connectivity index (χ1) is 19.5. The summed E-state index contributed by atoms with van der Waals surface area (Å²) in [5.41, 5.74) is 10.0. The number of halogens is 1. The monoisotopic (exact) mass is 535 g/mol. The molecule has 40 heavy (non-hydrogen) atoms. The van der Waals surface area contributed by atoms with Crippen LogP contribution in [0.15, 0.2) is 79.1 Å². The number of aryl methyl sites for hydroxylation is 1. The molecule has 3 heterocycles. The minimum absolute atomic E-state index is 0.00590. The van der Waals surface area contributed by atoms with Gasteiger partial charge >= 0.3 is 0 Å². The minimum atomic E-state index is -0.606. The maximum atomic E-state index is 15.5. The lowest BCUT2D eigenvalue weighted by molar-refractivity contribution is 0.0968. The second-order valence-electron chi connectivity index (χ2n) is 10.1. The van der Waals surface area contributed by atoms with E-state index in [1.165, 1.54) is 12.1 Å². The molecule has 8 nitrogen and oxygen atoms in total. The highest BCUT2D eigenvalue weighted by atomic mass is 19.1. The van der Waals surface area contributed by atoms with E-state index in [1.54, 1.807) is 35.1 Å². The van der Waals surface area contributed by atoms with E-state index in [1.807, 2.05) is 30.3 Å². The van der Waals surface area contributed by atoms with E-state index in [-0.39, 0.29) is 11.6 Å². The average molecular weight is 536 g/mol. The van der Waals surface area contributed by atoms with Crippen molar-refractivity contribution in [3.63, 3.8) is 0 Å². The number of piperidine rings is 1. The van der Waals surface area contributed by atoms with Gasteiger partial charge in [0.15, 0.2) is 0 Å². The van der Waals surface area contributed by atoms with Crippen molar-refractivity contribution in [2.75, 3.05) is 18.0 Å². The fourth-order valence-electron chi connectivity index (χ4n) is 5.31. The summed E-state index contributed by atoms with van der Waals surface area (Å²) in [4.78, 5) is 20.4. The molecule has 1 amide bonds. The Kier molecular flexibility index (Phi) is 7.06. The third-order valence-electron chi connectivity index (χ3n) is 7.45. The molecule has 9 heteroatoms. The Morgan fingerprint density at radius 2 is 1.88 bits per heavy atom. The molecule has 1 fully saturated rings. The predicted molar refractivity (Wildman–Crippen MR) is 154 cm³/mol. The highest BCUT2D eigenvalue weighted by Crippen LogP contribution is 2.33. The van der Waals surface area contributed by atoms with Crippen LogP contribution in [0.2, 0.25) is 0 Å². The first kappa shape index (κ1) is 25.8. The second-order valence-corrected chi connectivity index (χ2v) is 10.1. The van der Waals surface area contributed by atoms with Crippen molar-refractivity contribution in [2.45, 2.75) is 25.4 Å². The number of rotatable bonds is 6. The Morgan fingerprint density at radius 3 is 2.58 bits per heavy atom. The summed E-state index contributed by atoms with van der Waals surface area (Å²) < 4.78 is 17.1. The van der Waals surface area contributed by atoms with Crippen molar-refractivity contribution in [1.82, 2.24) is 25.3 Å². The van der Waals surface area contributed by atoms with E-state index in [4.69, 9.17) is 5.73 Å². The van der Waals surface area contributed by atoms with Crippen molar-refractivity contribution in [2.24, 2.45) is 12.8 Å². The zero-order valence-corrected chi connectivity index (χ0v) is 22.2. The Hall–Kier alpha value is -4.47. The number of amides is 1. The van der Waals surface area contributed by atoms with Crippen molar-refractivity contribution >= 4 is 22.5 Å². The molecule has 1 atom stereocenters. The molecule has 5 aromatic rings. The fourth-order valence-corrected chi connectivity index (χ4v) is 5.31. The number of benzene rings is 3. The van der Waals surface area contributed by atoms with Gasteiger partial charge < -0.3 is 11.1 Å². The maximum absolute atomic E-state index is 15.5. The number of hydrogen-bond acceptors (Lipinski definition) is 6. The lowest BCUT2D eigenvalue weighted by Gasteiger charge is -2.34. The highest BCUT2D eigenvalue weighted by Gasteiger charge is 2.31. The third-order valence-corrected chi connectivity index (χ3v) is 7.45. The lowest BCUT2D eigenvalue weighted by Crippen LogP contribution is -2.49. The SMILES string of the molecule is Cn1cc(-c2ccc(C(=O)N(c3nccc4cc(-c5ccc(CN)cc5)ccc34)[C@@H]3CCCNC3)c(F)c2)nn1. The smallest absolute Gasteiger partial charge is 0.262 e. The molecule has 3 aromatic carbocycles. The van der Waals surface area contributed by atoms with Gasteiger partial charge in [0.1, 0.15) is 17.3 Å². The van der Waals surface area contributed by atoms with Crippen LogP contribution in [0, 0.1) is 5.82 Å². The summed E-state index contributed by atoms with van der Waals surface area (Å²) in [6, 6.07) is 20.6. The first-order valence-corrected chi connectivity index (χ1v) is 13.4. The second kappa shape index (κ2) is 11.0. The van der Waals surface area contributed by atoms with Gasteiger partial charge in [0.25, 0.3) is 5.91 Å². The first-order valence-electron chi connectivity index (χ1n) is 13.4. The van der Waals surface area contributed by atoms with Gasteiger partial charge in [-0.05, 0) is 65.7 Å². The number of carbonyl (C=O) groups excluding carboxylic acids is 1. The number of fused-ring (bicyclic) bond motifs is 1. The number of nitrogens with one attached hydrogen (secondary N) is 1. The molecular formula is C31H30FN7O. The molecule has 0 spiro atoms.